The highest BCUT2D eigenvalue weighted by molar-refractivity contribution is 5.81. The average Bonchev–Trinajstić information content (AvgIpc) is 2.56. The molecule has 1 amide bonds. The van der Waals surface area contributed by atoms with E-state index in [4.69, 9.17) is 0 Å². The number of benzene rings is 1. The van der Waals surface area contributed by atoms with Crippen LogP contribution < -0.4 is 20.0 Å². The Morgan fingerprint density at radius 2 is 1.68 bits per heavy atom. The lowest BCUT2D eigenvalue weighted by Gasteiger charge is -2.34. The van der Waals surface area contributed by atoms with Gasteiger partial charge >= 0.3 is 0 Å². The van der Waals surface area contributed by atoms with Crippen molar-refractivity contribution in [2.45, 2.75) is 26.8 Å². The second-order valence-corrected chi connectivity index (χ2v) is 8.61. The SMILES string of the molecule is CN(C)c1ccc([C@@H](CNC(=O)C(C)(C)C)[NH+]2CC[NH+](C)CC2)cc1. The third-order valence-corrected chi connectivity index (χ3v) is 5.20. The Labute approximate surface area is 153 Å². The minimum Gasteiger partial charge on any atom is -0.378 e. The van der Waals surface area contributed by atoms with Gasteiger partial charge in [0.15, 0.2) is 0 Å². The van der Waals surface area contributed by atoms with Gasteiger partial charge in [-0.1, -0.05) is 32.9 Å². The third-order valence-electron chi connectivity index (χ3n) is 5.20. The van der Waals surface area contributed by atoms with Gasteiger partial charge in [0.05, 0.1) is 13.6 Å². The van der Waals surface area contributed by atoms with Crippen molar-refractivity contribution in [1.82, 2.24) is 5.32 Å². The number of quaternary nitrogens is 2. The first-order chi connectivity index (χ1) is 11.7. The molecule has 0 aliphatic carbocycles. The van der Waals surface area contributed by atoms with E-state index in [0.29, 0.717) is 12.6 Å². The van der Waals surface area contributed by atoms with Crippen LogP contribution in [-0.4, -0.2) is 59.8 Å². The van der Waals surface area contributed by atoms with Crippen LogP contribution in [0.1, 0.15) is 32.4 Å². The van der Waals surface area contributed by atoms with E-state index in [9.17, 15) is 4.79 Å². The van der Waals surface area contributed by atoms with E-state index in [1.54, 1.807) is 9.80 Å². The molecule has 1 fully saturated rings. The Balaban J connectivity index is 2.15. The van der Waals surface area contributed by atoms with Gasteiger partial charge in [-0.05, 0) is 12.1 Å². The van der Waals surface area contributed by atoms with Crippen molar-refractivity contribution in [3.05, 3.63) is 29.8 Å². The zero-order valence-electron chi connectivity index (χ0n) is 16.8. The number of nitrogens with zero attached hydrogens (tertiary/aromatic N) is 1. The van der Waals surface area contributed by atoms with Crippen LogP contribution in [-0.2, 0) is 4.79 Å². The van der Waals surface area contributed by atoms with E-state index in [1.807, 2.05) is 20.8 Å². The highest BCUT2D eigenvalue weighted by Crippen LogP contribution is 2.17. The first-order valence-corrected chi connectivity index (χ1v) is 9.40. The molecule has 5 heteroatoms. The highest BCUT2D eigenvalue weighted by Gasteiger charge is 2.31. The van der Waals surface area contributed by atoms with Gasteiger partial charge in [-0.2, -0.15) is 0 Å². The van der Waals surface area contributed by atoms with E-state index >= 15 is 0 Å². The smallest absolute Gasteiger partial charge is 0.225 e. The molecule has 1 aliphatic rings. The summed E-state index contributed by atoms with van der Waals surface area (Å²) >= 11 is 0. The molecule has 2 rings (SSSR count). The van der Waals surface area contributed by atoms with E-state index in [0.717, 1.165) is 13.1 Å². The molecule has 5 nitrogen and oxygen atoms in total. The van der Waals surface area contributed by atoms with E-state index in [1.165, 1.54) is 24.3 Å². The number of piperazine rings is 1. The zero-order chi connectivity index (χ0) is 18.6. The number of amides is 1. The fraction of sp³-hybridized carbons (Fsp3) is 0.650. The van der Waals surface area contributed by atoms with Crippen LogP contribution in [0.25, 0.3) is 0 Å². The van der Waals surface area contributed by atoms with Gasteiger partial charge < -0.3 is 20.0 Å². The summed E-state index contributed by atoms with van der Waals surface area (Å²) < 4.78 is 0. The Hall–Kier alpha value is -1.59. The summed E-state index contributed by atoms with van der Waals surface area (Å²) in [5, 5.41) is 3.19. The molecule has 0 unspecified atom stereocenters. The molecule has 140 valence electrons. The van der Waals surface area contributed by atoms with Crippen molar-refractivity contribution in [3.63, 3.8) is 0 Å². The van der Waals surface area contributed by atoms with Crippen molar-refractivity contribution < 1.29 is 14.6 Å². The Bertz CT molecular complexity index is 554. The summed E-state index contributed by atoms with van der Waals surface area (Å²) in [7, 11) is 6.38. The van der Waals surface area contributed by atoms with Gasteiger partial charge in [-0.15, -0.1) is 0 Å². The number of carbonyl (C=O) groups is 1. The lowest BCUT2D eigenvalue weighted by Crippen LogP contribution is -3.27. The number of anilines is 1. The van der Waals surface area contributed by atoms with Crippen molar-refractivity contribution in [2.75, 3.05) is 58.8 Å². The molecular weight excluding hydrogens is 312 g/mol. The van der Waals surface area contributed by atoms with Crippen molar-refractivity contribution >= 4 is 11.6 Å². The number of hydrogen-bond acceptors (Lipinski definition) is 2. The maximum Gasteiger partial charge on any atom is 0.225 e. The first kappa shape index (κ1) is 19.7. The number of likely N-dealkylation sites (N-methyl/N-ethyl adjacent to an activating group) is 1. The molecular formula is C20H36N4O+2. The standard InChI is InChI=1S/C20H34N4O/c1-20(2,3)19(25)21-15-18(24-13-11-23(6)12-14-24)16-7-9-17(10-8-16)22(4)5/h7-10,18H,11-15H2,1-6H3,(H,21,25)/p+2/t18-/m1/s1. The fourth-order valence-electron chi connectivity index (χ4n) is 3.31. The van der Waals surface area contributed by atoms with Crippen molar-refractivity contribution in [3.8, 4) is 0 Å². The fourth-order valence-corrected chi connectivity index (χ4v) is 3.31. The predicted octanol–water partition coefficient (Wildman–Crippen LogP) is -0.631. The molecule has 0 saturated carbocycles. The molecule has 1 aromatic carbocycles. The summed E-state index contributed by atoms with van der Waals surface area (Å²) in [6.07, 6.45) is 0. The van der Waals surface area contributed by atoms with Crippen LogP contribution in [0.2, 0.25) is 0 Å². The van der Waals surface area contributed by atoms with Gasteiger partial charge in [0.2, 0.25) is 5.91 Å². The summed E-state index contributed by atoms with van der Waals surface area (Å²) in [6.45, 7) is 11.3. The Morgan fingerprint density at radius 3 is 2.16 bits per heavy atom. The molecule has 1 atom stereocenters. The number of nitrogens with one attached hydrogen (secondary N) is 3. The minimum absolute atomic E-state index is 0.126. The van der Waals surface area contributed by atoms with Crippen LogP contribution in [0, 0.1) is 5.41 Å². The van der Waals surface area contributed by atoms with Crippen LogP contribution in [0.3, 0.4) is 0 Å². The van der Waals surface area contributed by atoms with Gasteiger partial charge in [-0.3, -0.25) is 4.79 Å². The molecule has 1 saturated heterocycles. The van der Waals surface area contributed by atoms with Gasteiger partial charge in [0, 0.05) is 30.8 Å². The van der Waals surface area contributed by atoms with Crippen LogP contribution in [0.5, 0.6) is 0 Å². The van der Waals surface area contributed by atoms with E-state index in [-0.39, 0.29) is 11.3 Å². The quantitative estimate of drug-likeness (QED) is 0.663. The molecule has 0 aromatic heterocycles. The molecule has 0 radical (unpaired) electrons. The summed E-state index contributed by atoms with van der Waals surface area (Å²) in [4.78, 5) is 17.6. The second kappa shape index (κ2) is 8.19. The van der Waals surface area contributed by atoms with E-state index in [2.05, 4.69) is 55.6 Å². The first-order valence-electron chi connectivity index (χ1n) is 9.40. The maximum atomic E-state index is 12.3. The highest BCUT2D eigenvalue weighted by atomic mass is 16.2. The van der Waals surface area contributed by atoms with Crippen LogP contribution in [0.15, 0.2) is 24.3 Å². The second-order valence-electron chi connectivity index (χ2n) is 8.61. The number of hydrogen-bond donors (Lipinski definition) is 3. The molecule has 0 bridgehead atoms. The number of rotatable bonds is 5. The molecule has 1 aliphatic heterocycles. The summed E-state index contributed by atoms with van der Waals surface area (Å²) in [6, 6.07) is 9.11. The molecule has 0 spiro atoms. The van der Waals surface area contributed by atoms with Crippen LogP contribution in [0.4, 0.5) is 5.69 Å². The van der Waals surface area contributed by atoms with Crippen LogP contribution >= 0.6 is 0 Å². The van der Waals surface area contributed by atoms with Crippen molar-refractivity contribution in [2.24, 2.45) is 5.41 Å². The van der Waals surface area contributed by atoms with Gasteiger partial charge in [-0.25, -0.2) is 0 Å². The Kier molecular flexibility index (Phi) is 6.47. The maximum absolute atomic E-state index is 12.3. The van der Waals surface area contributed by atoms with Crippen molar-refractivity contribution in [1.29, 1.82) is 0 Å². The largest absolute Gasteiger partial charge is 0.378 e. The third kappa shape index (κ3) is 5.44. The lowest BCUT2D eigenvalue weighted by atomic mass is 9.95. The number of carbonyl (C=O) groups excluding carboxylic acids is 1. The molecule has 25 heavy (non-hydrogen) atoms. The summed E-state index contributed by atoms with van der Waals surface area (Å²) in [5.74, 6) is 0.126. The van der Waals surface area contributed by atoms with Gasteiger partial charge in [0.1, 0.15) is 32.2 Å². The topological polar surface area (TPSA) is 41.2 Å². The normalized spacial score (nSPS) is 22.3. The van der Waals surface area contributed by atoms with Gasteiger partial charge in [0.25, 0.3) is 0 Å². The molecule has 1 heterocycles. The lowest BCUT2D eigenvalue weighted by molar-refractivity contribution is -1.02. The minimum atomic E-state index is -0.346. The molecule has 1 aromatic rings. The Morgan fingerprint density at radius 1 is 1.12 bits per heavy atom. The monoisotopic (exact) mass is 348 g/mol. The molecule has 3 N–H and O–H groups in total. The zero-order valence-corrected chi connectivity index (χ0v) is 16.8. The average molecular weight is 349 g/mol. The summed E-state index contributed by atoms with van der Waals surface area (Å²) in [5.41, 5.74) is 2.18. The van der Waals surface area contributed by atoms with E-state index < -0.39 is 0 Å². The predicted molar refractivity (Wildman–Crippen MR) is 103 cm³/mol.